The Bertz CT molecular complexity index is 548. The summed E-state index contributed by atoms with van der Waals surface area (Å²) >= 11 is 5.86. The highest BCUT2D eigenvalue weighted by atomic mass is 35.5. The van der Waals surface area contributed by atoms with Gasteiger partial charge in [0.15, 0.2) is 0 Å². The van der Waals surface area contributed by atoms with Gasteiger partial charge in [-0.2, -0.15) is 0 Å². The van der Waals surface area contributed by atoms with Gasteiger partial charge in [0.1, 0.15) is 11.7 Å². The quantitative estimate of drug-likeness (QED) is 0.810. The van der Waals surface area contributed by atoms with Crippen LogP contribution in [0.4, 0.5) is 10.1 Å². The lowest BCUT2D eigenvalue weighted by molar-refractivity contribution is 0.628. The topological polar surface area (TPSA) is 53.8 Å². The molecule has 1 heterocycles. The van der Waals surface area contributed by atoms with Crippen molar-refractivity contribution in [3.63, 3.8) is 0 Å². The second-order valence-electron chi connectivity index (χ2n) is 3.99. The van der Waals surface area contributed by atoms with Crippen LogP contribution < -0.4 is 5.32 Å². The Labute approximate surface area is 118 Å². The number of anilines is 1. The summed E-state index contributed by atoms with van der Waals surface area (Å²) in [6.07, 6.45) is 0.714. The summed E-state index contributed by atoms with van der Waals surface area (Å²) in [6, 6.07) is 5.97. The molecule has 1 aromatic rings. The number of halogens is 2. The van der Waals surface area contributed by atoms with Crippen molar-refractivity contribution < 1.29 is 8.60 Å². The monoisotopic (exact) mass is 301 g/mol. The molecule has 1 unspecified atom stereocenters. The van der Waals surface area contributed by atoms with Crippen molar-refractivity contribution in [2.75, 3.05) is 23.4 Å². The van der Waals surface area contributed by atoms with Crippen LogP contribution in [0.15, 0.2) is 34.3 Å². The van der Waals surface area contributed by atoms with Gasteiger partial charge in [-0.1, -0.05) is 6.07 Å². The van der Waals surface area contributed by atoms with Gasteiger partial charge in [-0.05, 0) is 36.2 Å². The van der Waals surface area contributed by atoms with Crippen LogP contribution in [-0.4, -0.2) is 33.4 Å². The molecule has 1 aromatic carbocycles. The number of aliphatic imine (C=N–C) groups is 2. The summed E-state index contributed by atoms with van der Waals surface area (Å²) in [4.78, 5) is 8.11. The molecule has 19 heavy (non-hydrogen) atoms. The normalized spacial score (nSPS) is 23.4. The predicted octanol–water partition coefficient (Wildman–Crippen LogP) is 2.38. The molecule has 0 aromatic heterocycles. The van der Waals surface area contributed by atoms with Crippen LogP contribution in [0.5, 0.6) is 0 Å². The molecular formula is C12H13ClFN3OS. The first-order valence-electron chi connectivity index (χ1n) is 5.78. The second kappa shape index (κ2) is 6.77. The highest BCUT2D eigenvalue weighted by Crippen LogP contribution is 2.10. The Morgan fingerprint density at radius 1 is 1.42 bits per heavy atom. The maximum absolute atomic E-state index is 13.1. The first kappa shape index (κ1) is 14.1. The van der Waals surface area contributed by atoms with Gasteiger partial charge in [-0.3, -0.25) is 9.20 Å². The summed E-state index contributed by atoms with van der Waals surface area (Å²) in [7, 11) is -1.02. The minimum Gasteiger partial charge on any atom is -0.343 e. The molecule has 0 amide bonds. The van der Waals surface area contributed by atoms with E-state index in [1.54, 1.807) is 12.1 Å². The van der Waals surface area contributed by atoms with Gasteiger partial charge >= 0.3 is 0 Å². The summed E-state index contributed by atoms with van der Waals surface area (Å²) in [5.41, 5.74) is 0.541. The molecule has 0 radical (unpaired) electrons. The largest absolute Gasteiger partial charge is 0.343 e. The van der Waals surface area contributed by atoms with E-state index in [0.717, 1.165) is 0 Å². The molecule has 102 valence electrons. The molecule has 0 aliphatic carbocycles. The molecule has 1 aliphatic heterocycles. The van der Waals surface area contributed by atoms with Gasteiger partial charge < -0.3 is 5.32 Å². The SMILES string of the molecule is O=S1CCCN=C(Cl)/N=C(/Nc2cccc(F)c2)C1. The predicted molar refractivity (Wildman–Crippen MR) is 78.1 cm³/mol. The molecule has 1 atom stereocenters. The fourth-order valence-corrected chi connectivity index (χ4v) is 2.82. The standard InChI is InChI=1S/C12H13ClFN3OS/c13-12-15-5-2-6-19(18)8-11(17-12)16-10-4-1-3-9(14)7-10/h1,3-4,7H,2,5-6,8H2,(H,15,16,17). The van der Waals surface area contributed by atoms with Crippen LogP contribution in [-0.2, 0) is 10.8 Å². The lowest BCUT2D eigenvalue weighted by Crippen LogP contribution is -2.22. The molecule has 0 bridgehead atoms. The number of rotatable bonds is 1. The third-order valence-corrected chi connectivity index (χ3v) is 3.95. The van der Waals surface area contributed by atoms with Gasteiger partial charge in [0.05, 0.1) is 5.75 Å². The minimum absolute atomic E-state index is 0.123. The third-order valence-electron chi connectivity index (χ3n) is 2.41. The van der Waals surface area contributed by atoms with E-state index in [4.69, 9.17) is 11.6 Å². The van der Waals surface area contributed by atoms with E-state index in [1.165, 1.54) is 12.1 Å². The molecule has 1 aliphatic rings. The fourth-order valence-electron chi connectivity index (χ4n) is 1.60. The van der Waals surface area contributed by atoms with Crippen LogP contribution in [0.1, 0.15) is 6.42 Å². The van der Waals surface area contributed by atoms with Crippen molar-refractivity contribution in [1.29, 1.82) is 0 Å². The van der Waals surface area contributed by atoms with Crippen LogP contribution in [0.3, 0.4) is 0 Å². The first-order chi connectivity index (χ1) is 9.13. The third kappa shape index (κ3) is 4.72. The molecule has 4 nitrogen and oxygen atoms in total. The number of amidine groups is 2. The van der Waals surface area contributed by atoms with E-state index < -0.39 is 10.8 Å². The van der Waals surface area contributed by atoms with Gasteiger partial charge in [0.25, 0.3) is 0 Å². The summed E-state index contributed by atoms with van der Waals surface area (Å²) in [6.45, 7) is 0.515. The number of hydrogen-bond donors (Lipinski definition) is 1. The van der Waals surface area contributed by atoms with Crippen molar-refractivity contribution in [3.8, 4) is 0 Å². The summed E-state index contributed by atoms with van der Waals surface area (Å²) < 4.78 is 24.9. The lowest BCUT2D eigenvalue weighted by Gasteiger charge is -2.09. The average Bonchev–Trinajstić information content (AvgIpc) is 2.40. The number of hydrogen-bond acceptors (Lipinski definition) is 4. The van der Waals surface area contributed by atoms with Gasteiger partial charge in [-0.15, -0.1) is 0 Å². The highest BCUT2D eigenvalue weighted by molar-refractivity contribution is 7.85. The number of nitrogens with zero attached hydrogens (tertiary/aromatic N) is 2. The minimum atomic E-state index is -1.02. The molecule has 0 saturated heterocycles. The molecular weight excluding hydrogens is 289 g/mol. The fraction of sp³-hybridized carbons (Fsp3) is 0.333. The Balaban J connectivity index is 2.19. The maximum Gasteiger partial charge on any atom is 0.219 e. The van der Waals surface area contributed by atoms with Gasteiger partial charge in [-0.25, -0.2) is 9.38 Å². The molecule has 0 spiro atoms. The summed E-state index contributed by atoms with van der Waals surface area (Å²) in [5.74, 6) is 0.883. The van der Waals surface area contributed by atoms with Gasteiger partial charge in [0.2, 0.25) is 5.29 Å². The second-order valence-corrected chi connectivity index (χ2v) is 5.90. The van der Waals surface area contributed by atoms with Crippen LogP contribution in [0.2, 0.25) is 0 Å². The molecule has 1 N–H and O–H groups in total. The highest BCUT2D eigenvalue weighted by Gasteiger charge is 2.10. The molecule has 0 fully saturated rings. The van der Waals surface area contributed by atoms with Crippen molar-refractivity contribution >= 4 is 39.2 Å². The van der Waals surface area contributed by atoms with Crippen molar-refractivity contribution in [2.24, 2.45) is 9.98 Å². The first-order valence-corrected chi connectivity index (χ1v) is 7.65. The Hall–Kier alpha value is -1.27. The number of benzene rings is 1. The molecule has 0 saturated carbocycles. The Morgan fingerprint density at radius 2 is 2.26 bits per heavy atom. The zero-order valence-electron chi connectivity index (χ0n) is 10.1. The van der Waals surface area contributed by atoms with E-state index in [1.807, 2.05) is 0 Å². The van der Waals surface area contributed by atoms with E-state index in [0.29, 0.717) is 30.2 Å². The smallest absolute Gasteiger partial charge is 0.219 e. The van der Waals surface area contributed by atoms with Crippen LogP contribution >= 0.6 is 11.6 Å². The lowest BCUT2D eigenvalue weighted by atomic mass is 10.3. The Kier molecular flexibility index (Phi) is 5.04. The zero-order chi connectivity index (χ0) is 13.7. The van der Waals surface area contributed by atoms with Gasteiger partial charge in [0, 0.05) is 28.8 Å². The maximum atomic E-state index is 13.1. The van der Waals surface area contributed by atoms with Crippen molar-refractivity contribution in [1.82, 2.24) is 0 Å². The van der Waals surface area contributed by atoms with Crippen LogP contribution in [0.25, 0.3) is 0 Å². The van der Waals surface area contributed by atoms with Crippen molar-refractivity contribution in [2.45, 2.75) is 6.42 Å². The van der Waals surface area contributed by atoms with E-state index >= 15 is 0 Å². The van der Waals surface area contributed by atoms with E-state index in [-0.39, 0.29) is 16.9 Å². The van der Waals surface area contributed by atoms with E-state index in [2.05, 4.69) is 15.3 Å². The zero-order valence-corrected chi connectivity index (χ0v) is 11.7. The number of nitrogens with one attached hydrogen (secondary N) is 1. The average molecular weight is 302 g/mol. The van der Waals surface area contributed by atoms with E-state index in [9.17, 15) is 8.60 Å². The Morgan fingerprint density at radius 3 is 3.05 bits per heavy atom. The molecule has 7 heteroatoms. The van der Waals surface area contributed by atoms with Crippen molar-refractivity contribution in [3.05, 3.63) is 30.1 Å². The molecule has 2 rings (SSSR count). The summed E-state index contributed by atoms with van der Waals surface area (Å²) in [5, 5.41) is 3.05. The van der Waals surface area contributed by atoms with Crippen LogP contribution in [0, 0.1) is 5.82 Å².